The first kappa shape index (κ1) is 18.4. The van der Waals surface area contributed by atoms with Crippen molar-refractivity contribution in [1.82, 2.24) is 10.2 Å². The summed E-state index contributed by atoms with van der Waals surface area (Å²) in [6.45, 7) is 4.16. The Hall–Kier alpha value is -2.38. The van der Waals surface area contributed by atoms with Crippen molar-refractivity contribution in [2.24, 2.45) is 0 Å². The molecule has 0 atom stereocenters. The summed E-state index contributed by atoms with van der Waals surface area (Å²) < 4.78 is 5.87. The number of ether oxygens (including phenoxy) is 1. The Balaban J connectivity index is 1.57. The Bertz CT molecular complexity index is 907. The van der Waals surface area contributed by atoms with Gasteiger partial charge in [-0.25, -0.2) is 0 Å². The first-order chi connectivity index (χ1) is 12.5. The van der Waals surface area contributed by atoms with Gasteiger partial charge in [0.05, 0.1) is 12.9 Å². The van der Waals surface area contributed by atoms with Crippen LogP contribution < -0.4 is 10.1 Å². The fraction of sp³-hybridized carbons (Fsp3) is 0.211. The Morgan fingerprint density at radius 1 is 1.12 bits per heavy atom. The van der Waals surface area contributed by atoms with Crippen molar-refractivity contribution < 1.29 is 9.53 Å². The summed E-state index contributed by atoms with van der Waals surface area (Å²) in [5.41, 5.74) is 4.12. The Kier molecular flexibility index (Phi) is 5.90. The largest absolute Gasteiger partial charge is 0.497 e. The van der Waals surface area contributed by atoms with Crippen LogP contribution >= 0.6 is 23.1 Å². The molecular formula is C19H19N3O2S2. The van der Waals surface area contributed by atoms with Crippen LogP contribution in [0.3, 0.4) is 0 Å². The summed E-state index contributed by atoms with van der Waals surface area (Å²) in [7, 11) is 1.60. The predicted molar refractivity (Wildman–Crippen MR) is 107 cm³/mol. The van der Waals surface area contributed by atoms with E-state index in [0.29, 0.717) is 16.4 Å². The second kappa shape index (κ2) is 8.33. The molecule has 1 heterocycles. The smallest absolute Gasteiger partial charge is 0.210 e. The lowest BCUT2D eigenvalue weighted by atomic mass is 10.1. The van der Waals surface area contributed by atoms with E-state index in [1.807, 2.05) is 6.07 Å². The van der Waals surface area contributed by atoms with Gasteiger partial charge in [0.2, 0.25) is 5.13 Å². The van der Waals surface area contributed by atoms with Gasteiger partial charge in [-0.1, -0.05) is 29.2 Å². The quantitative estimate of drug-likeness (QED) is 0.462. The maximum absolute atomic E-state index is 12.3. The van der Waals surface area contributed by atoms with Crippen LogP contribution in [0.2, 0.25) is 0 Å². The molecule has 0 bridgehead atoms. The highest BCUT2D eigenvalue weighted by atomic mass is 32.2. The first-order valence-electron chi connectivity index (χ1n) is 8.03. The molecule has 0 unspecified atom stereocenters. The number of carbonyl (C=O) groups is 1. The van der Waals surface area contributed by atoms with Crippen LogP contribution in [0, 0.1) is 13.8 Å². The second-order valence-corrected chi connectivity index (χ2v) is 7.94. The van der Waals surface area contributed by atoms with E-state index in [0.717, 1.165) is 15.8 Å². The number of benzene rings is 2. The van der Waals surface area contributed by atoms with Crippen molar-refractivity contribution >= 4 is 39.7 Å². The lowest BCUT2D eigenvalue weighted by Crippen LogP contribution is -2.02. The van der Waals surface area contributed by atoms with Crippen LogP contribution in [0.25, 0.3) is 0 Å². The summed E-state index contributed by atoms with van der Waals surface area (Å²) in [5, 5.41) is 12.3. The molecule has 3 rings (SSSR count). The average Bonchev–Trinajstić information content (AvgIpc) is 3.10. The Morgan fingerprint density at radius 2 is 1.88 bits per heavy atom. The highest BCUT2D eigenvalue weighted by Gasteiger charge is 2.11. The molecule has 0 aliphatic carbocycles. The van der Waals surface area contributed by atoms with Gasteiger partial charge in [0.15, 0.2) is 10.1 Å². The number of nitrogens with one attached hydrogen (secondary N) is 1. The van der Waals surface area contributed by atoms with Crippen molar-refractivity contribution in [2.75, 3.05) is 18.2 Å². The first-order valence-corrected chi connectivity index (χ1v) is 9.83. The number of anilines is 2. The second-order valence-electron chi connectivity index (χ2n) is 5.74. The van der Waals surface area contributed by atoms with Gasteiger partial charge in [0.1, 0.15) is 5.75 Å². The Labute approximate surface area is 160 Å². The number of ketones is 1. The number of methoxy groups -OCH3 is 1. The van der Waals surface area contributed by atoms with Gasteiger partial charge in [-0.15, -0.1) is 10.2 Å². The van der Waals surface area contributed by atoms with Crippen LogP contribution in [0.5, 0.6) is 5.75 Å². The van der Waals surface area contributed by atoms with E-state index in [-0.39, 0.29) is 5.78 Å². The molecule has 7 heteroatoms. The zero-order valence-electron chi connectivity index (χ0n) is 14.8. The molecule has 5 nitrogen and oxygen atoms in total. The molecule has 2 aromatic carbocycles. The normalized spacial score (nSPS) is 10.6. The van der Waals surface area contributed by atoms with Gasteiger partial charge in [-0.05, 0) is 61.4 Å². The van der Waals surface area contributed by atoms with Crippen molar-refractivity contribution in [2.45, 2.75) is 18.2 Å². The number of Topliss-reactive ketones (excluding diaryl/α,β-unsaturated/α-hetero) is 1. The van der Waals surface area contributed by atoms with E-state index in [1.165, 1.54) is 34.2 Å². The third kappa shape index (κ3) is 4.62. The summed E-state index contributed by atoms with van der Waals surface area (Å²) in [6, 6.07) is 13.3. The van der Waals surface area contributed by atoms with Crippen LogP contribution in [0.1, 0.15) is 21.5 Å². The van der Waals surface area contributed by atoms with Gasteiger partial charge in [-0.3, -0.25) is 4.79 Å². The van der Waals surface area contributed by atoms with Crippen LogP contribution in [-0.4, -0.2) is 28.8 Å². The maximum atomic E-state index is 12.3. The third-order valence-electron chi connectivity index (χ3n) is 3.90. The fourth-order valence-corrected chi connectivity index (χ4v) is 3.92. The number of aryl methyl sites for hydroxylation is 2. The van der Waals surface area contributed by atoms with Crippen molar-refractivity contribution in [3.63, 3.8) is 0 Å². The average molecular weight is 386 g/mol. The zero-order valence-corrected chi connectivity index (χ0v) is 16.4. The number of rotatable bonds is 7. The van der Waals surface area contributed by atoms with Crippen LogP contribution in [0.4, 0.5) is 10.8 Å². The highest BCUT2D eigenvalue weighted by molar-refractivity contribution is 8.01. The van der Waals surface area contributed by atoms with E-state index in [2.05, 4.69) is 41.5 Å². The van der Waals surface area contributed by atoms with Crippen molar-refractivity contribution in [1.29, 1.82) is 0 Å². The van der Waals surface area contributed by atoms with Gasteiger partial charge in [-0.2, -0.15) is 0 Å². The number of hydrogen-bond acceptors (Lipinski definition) is 7. The minimum absolute atomic E-state index is 0.0523. The van der Waals surface area contributed by atoms with E-state index >= 15 is 0 Å². The highest BCUT2D eigenvalue weighted by Crippen LogP contribution is 2.28. The molecule has 0 fully saturated rings. The molecule has 0 saturated heterocycles. The summed E-state index contributed by atoms with van der Waals surface area (Å²) >= 11 is 2.83. The van der Waals surface area contributed by atoms with E-state index < -0.39 is 0 Å². The molecule has 134 valence electrons. The zero-order chi connectivity index (χ0) is 18.5. The molecule has 1 aromatic heterocycles. The molecule has 0 amide bonds. The van der Waals surface area contributed by atoms with Gasteiger partial charge in [0, 0.05) is 11.3 Å². The van der Waals surface area contributed by atoms with E-state index in [4.69, 9.17) is 4.74 Å². The van der Waals surface area contributed by atoms with Crippen LogP contribution in [-0.2, 0) is 0 Å². The Morgan fingerprint density at radius 3 is 2.58 bits per heavy atom. The predicted octanol–water partition coefficient (Wildman–Crippen LogP) is 4.88. The maximum Gasteiger partial charge on any atom is 0.210 e. The van der Waals surface area contributed by atoms with Crippen molar-refractivity contribution in [3.05, 3.63) is 59.2 Å². The number of thioether (sulfide) groups is 1. The number of hydrogen-bond donors (Lipinski definition) is 1. The minimum Gasteiger partial charge on any atom is -0.497 e. The number of nitrogens with zero attached hydrogens (tertiary/aromatic N) is 2. The lowest BCUT2D eigenvalue weighted by molar-refractivity contribution is 0.102. The molecule has 3 aromatic rings. The molecule has 0 saturated carbocycles. The molecule has 0 radical (unpaired) electrons. The van der Waals surface area contributed by atoms with Crippen LogP contribution in [0.15, 0.2) is 46.8 Å². The molecule has 0 aliphatic rings. The standard InChI is InChI=1S/C19H19N3O2S2/c1-12-4-7-15(10-13(12)2)20-18-21-22-19(26-18)25-11-17(23)14-5-8-16(24-3)9-6-14/h4-10H,11H2,1-3H3,(H,20,21). The van der Waals surface area contributed by atoms with E-state index in [9.17, 15) is 4.79 Å². The molecule has 0 aliphatic heterocycles. The summed E-state index contributed by atoms with van der Waals surface area (Å²) in [5.74, 6) is 1.11. The number of carbonyl (C=O) groups excluding carboxylic acids is 1. The summed E-state index contributed by atoms with van der Waals surface area (Å²) in [4.78, 5) is 12.3. The fourth-order valence-electron chi connectivity index (χ4n) is 2.25. The van der Waals surface area contributed by atoms with Gasteiger partial charge >= 0.3 is 0 Å². The summed E-state index contributed by atoms with van der Waals surface area (Å²) in [6.07, 6.45) is 0. The van der Waals surface area contributed by atoms with Crippen molar-refractivity contribution in [3.8, 4) is 5.75 Å². The SMILES string of the molecule is COc1ccc(C(=O)CSc2nnc(Nc3ccc(C)c(C)c3)s2)cc1. The molecule has 1 N–H and O–H groups in total. The third-order valence-corrected chi connectivity index (χ3v) is 5.88. The van der Waals surface area contributed by atoms with Gasteiger partial charge in [0.25, 0.3) is 0 Å². The topological polar surface area (TPSA) is 64.1 Å². The van der Waals surface area contributed by atoms with E-state index in [1.54, 1.807) is 31.4 Å². The minimum atomic E-state index is 0.0523. The molecule has 26 heavy (non-hydrogen) atoms. The lowest BCUT2D eigenvalue weighted by Gasteiger charge is -2.05. The molecule has 0 spiro atoms. The monoisotopic (exact) mass is 385 g/mol. The van der Waals surface area contributed by atoms with Gasteiger partial charge < -0.3 is 10.1 Å². The number of aromatic nitrogens is 2. The molecular weight excluding hydrogens is 366 g/mol.